The van der Waals surface area contributed by atoms with E-state index in [0.717, 1.165) is 19.4 Å². The van der Waals surface area contributed by atoms with Gasteiger partial charge in [0.15, 0.2) is 0 Å². The van der Waals surface area contributed by atoms with Gasteiger partial charge in [-0.25, -0.2) is 0 Å². The molecule has 1 heteroatoms. The molecule has 0 saturated heterocycles. The average molecular weight is 290 g/mol. The van der Waals surface area contributed by atoms with Crippen LogP contribution >= 0.6 is 0 Å². The molecule has 0 aromatic heterocycles. The molecule has 0 fully saturated rings. The van der Waals surface area contributed by atoms with Crippen molar-refractivity contribution in [1.29, 1.82) is 0 Å². The summed E-state index contributed by atoms with van der Waals surface area (Å²) in [6.45, 7) is 2.98. The third kappa shape index (κ3) is 3.20. The molecule has 3 rings (SSSR count). The van der Waals surface area contributed by atoms with Crippen molar-refractivity contribution in [1.82, 2.24) is 0 Å². The summed E-state index contributed by atoms with van der Waals surface area (Å²) in [5.74, 6) is 0. The summed E-state index contributed by atoms with van der Waals surface area (Å²) in [6, 6.07) is 25.5. The number of ether oxygens (including phenoxy) is 1. The van der Waals surface area contributed by atoms with Gasteiger partial charge in [-0.2, -0.15) is 0 Å². The maximum absolute atomic E-state index is 6.26. The summed E-state index contributed by atoms with van der Waals surface area (Å²) >= 11 is 0. The monoisotopic (exact) mass is 290 g/mol. The fourth-order valence-corrected chi connectivity index (χ4v) is 2.82. The Labute approximate surface area is 132 Å². The zero-order valence-corrected chi connectivity index (χ0v) is 13.0. The van der Waals surface area contributed by atoms with Crippen LogP contribution in [0.1, 0.15) is 37.0 Å². The summed E-state index contributed by atoms with van der Waals surface area (Å²) in [6.07, 6.45) is 2.24. The lowest BCUT2D eigenvalue weighted by Crippen LogP contribution is -2.08. The van der Waals surface area contributed by atoms with Gasteiger partial charge in [-0.15, -0.1) is 0 Å². The summed E-state index contributed by atoms with van der Waals surface area (Å²) in [7, 11) is 0. The Hall–Kier alpha value is -2.12. The van der Waals surface area contributed by atoms with Crippen LogP contribution in [-0.4, -0.2) is 6.61 Å². The second kappa shape index (κ2) is 7.24. The van der Waals surface area contributed by atoms with Crippen LogP contribution in [0.2, 0.25) is 0 Å². The highest BCUT2D eigenvalue weighted by Crippen LogP contribution is 2.31. The summed E-state index contributed by atoms with van der Waals surface area (Å²) in [5, 5.41) is 2.54. The smallest absolute Gasteiger partial charge is 0.108 e. The topological polar surface area (TPSA) is 9.23 Å². The number of hydrogen-bond acceptors (Lipinski definition) is 1. The average Bonchev–Trinajstić information content (AvgIpc) is 2.59. The minimum Gasteiger partial charge on any atom is -0.369 e. The first-order chi connectivity index (χ1) is 10.9. The molecular weight excluding hydrogens is 268 g/mol. The minimum atomic E-state index is -0.00106. The molecule has 0 N–H and O–H groups in total. The van der Waals surface area contributed by atoms with Crippen LogP contribution in [0, 0.1) is 0 Å². The zero-order chi connectivity index (χ0) is 15.2. The molecule has 0 aliphatic rings. The fourth-order valence-electron chi connectivity index (χ4n) is 2.82. The molecule has 112 valence electrons. The molecule has 22 heavy (non-hydrogen) atoms. The largest absolute Gasteiger partial charge is 0.369 e. The SMILES string of the molecule is CCCCOC(c1ccccc1)c1cccc2ccccc12. The van der Waals surface area contributed by atoms with Crippen LogP contribution in [0.5, 0.6) is 0 Å². The highest BCUT2D eigenvalue weighted by atomic mass is 16.5. The molecule has 0 heterocycles. The number of fused-ring (bicyclic) bond motifs is 1. The standard InChI is InChI=1S/C21H22O/c1-2-3-16-22-21(18-11-5-4-6-12-18)20-15-9-13-17-10-7-8-14-19(17)20/h4-15,21H,2-3,16H2,1H3. The van der Waals surface area contributed by atoms with Crippen LogP contribution in [-0.2, 0) is 4.74 Å². The van der Waals surface area contributed by atoms with Gasteiger partial charge < -0.3 is 4.74 Å². The van der Waals surface area contributed by atoms with Crippen molar-refractivity contribution in [2.24, 2.45) is 0 Å². The maximum atomic E-state index is 6.26. The van der Waals surface area contributed by atoms with E-state index in [1.807, 2.05) is 0 Å². The lowest BCUT2D eigenvalue weighted by Gasteiger charge is -2.20. The Bertz CT molecular complexity index is 713. The van der Waals surface area contributed by atoms with Gasteiger partial charge >= 0.3 is 0 Å². The second-order valence-corrected chi connectivity index (χ2v) is 5.58. The van der Waals surface area contributed by atoms with Gasteiger partial charge in [0.05, 0.1) is 0 Å². The molecule has 1 atom stereocenters. The van der Waals surface area contributed by atoms with Crippen molar-refractivity contribution < 1.29 is 4.74 Å². The van der Waals surface area contributed by atoms with Crippen molar-refractivity contribution in [2.45, 2.75) is 25.9 Å². The van der Waals surface area contributed by atoms with Gasteiger partial charge in [0.1, 0.15) is 6.10 Å². The lowest BCUT2D eigenvalue weighted by molar-refractivity contribution is 0.0788. The first kappa shape index (κ1) is 14.8. The van der Waals surface area contributed by atoms with Gasteiger partial charge in [0, 0.05) is 6.61 Å². The number of benzene rings is 3. The Morgan fingerprint density at radius 3 is 2.36 bits per heavy atom. The molecule has 0 spiro atoms. The van der Waals surface area contributed by atoms with Gasteiger partial charge in [0.2, 0.25) is 0 Å². The van der Waals surface area contributed by atoms with Crippen LogP contribution in [0.15, 0.2) is 72.8 Å². The molecule has 0 radical (unpaired) electrons. The van der Waals surface area contributed by atoms with Crippen LogP contribution in [0.3, 0.4) is 0 Å². The number of rotatable bonds is 6. The van der Waals surface area contributed by atoms with E-state index in [1.165, 1.54) is 21.9 Å². The fraction of sp³-hybridized carbons (Fsp3) is 0.238. The molecular formula is C21H22O. The van der Waals surface area contributed by atoms with Gasteiger partial charge in [0.25, 0.3) is 0 Å². The van der Waals surface area contributed by atoms with E-state index < -0.39 is 0 Å². The normalized spacial score (nSPS) is 12.4. The Kier molecular flexibility index (Phi) is 4.87. The summed E-state index contributed by atoms with van der Waals surface area (Å²) in [5.41, 5.74) is 2.47. The molecule has 0 aliphatic carbocycles. The molecule has 1 unspecified atom stereocenters. The molecule has 3 aromatic carbocycles. The van der Waals surface area contributed by atoms with E-state index in [4.69, 9.17) is 4.74 Å². The number of unbranched alkanes of at least 4 members (excludes halogenated alkanes) is 1. The first-order valence-electron chi connectivity index (χ1n) is 8.04. The molecule has 0 aliphatic heterocycles. The summed E-state index contributed by atoms with van der Waals surface area (Å²) < 4.78 is 6.26. The zero-order valence-electron chi connectivity index (χ0n) is 13.0. The Balaban J connectivity index is 2.04. The maximum Gasteiger partial charge on any atom is 0.108 e. The van der Waals surface area contributed by atoms with Gasteiger partial charge in [-0.05, 0) is 28.3 Å². The third-order valence-electron chi connectivity index (χ3n) is 3.99. The first-order valence-corrected chi connectivity index (χ1v) is 8.04. The number of hydrogen-bond donors (Lipinski definition) is 0. The lowest BCUT2D eigenvalue weighted by atomic mass is 9.96. The summed E-state index contributed by atoms with van der Waals surface area (Å²) in [4.78, 5) is 0. The predicted octanol–water partition coefficient (Wildman–Crippen LogP) is 5.75. The van der Waals surface area contributed by atoms with Crippen molar-refractivity contribution in [3.63, 3.8) is 0 Å². The van der Waals surface area contributed by atoms with E-state index in [0.29, 0.717) is 0 Å². The van der Waals surface area contributed by atoms with E-state index in [1.54, 1.807) is 0 Å². The van der Waals surface area contributed by atoms with E-state index in [-0.39, 0.29) is 6.10 Å². The van der Waals surface area contributed by atoms with Crippen molar-refractivity contribution >= 4 is 10.8 Å². The second-order valence-electron chi connectivity index (χ2n) is 5.58. The third-order valence-corrected chi connectivity index (χ3v) is 3.99. The molecule has 3 aromatic rings. The van der Waals surface area contributed by atoms with Gasteiger partial charge in [-0.3, -0.25) is 0 Å². The van der Waals surface area contributed by atoms with Gasteiger partial charge in [-0.1, -0.05) is 86.1 Å². The van der Waals surface area contributed by atoms with Crippen LogP contribution in [0.4, 0.5) is 0 Å². The molecule has 0 amide bonds. The molecule has 1 nitrogen and oxygen atoms in total. The van der Waals surface area contributed by atoms with Crippen LogP contribution < -0.4 is 0 Å². The van der Waals surface area contributed by atoms with Crippen molar-refractivity contribution in [3.8, 4) is 0 Å². The molecule has 0 saturated carbocycles. The van der Waals surface area contributed by atoms with E-state index >= 15 is 0 Å². The highest BCUT2D eigenvalue weighted by Gasteiger charge is 2.16. The quantitative estimate of drug-likeness (QED) is 0.525. The Morgan fingerprint density at radius 1 is 0.818 bits per heavy atom. The van der Waals surface area contributed by atoms with Crippen molar-refractivity contribution in [3.05, 3.63) is 83.9 Å². The van der Waals surface area contributed by atoms with Crippen molar-refractivity contribution in [2.75, 3.05) is 6.61 Å². The minimum absolute atomic E-state index is 0.00106. The highest BCUT2D eigenvalue weighted by molar-refractivity contribution is 5.86. The van der Waals surface area contributed by atoms with Crippen LogP contribution in [0.25, 0.3) is 10.8 Å². The van der Waals surface area contributed by atoms with E-state index in [9.17, 15) is 0 Å². The Morgan fingerprint density at radius 2 is 1.55 bits per heavy atom. The predicted molar refractivity (Wildman–Crippen MR) is 93.1 cm³/mol. The van der Waals surface area contributed by atoms with E-state index in [2.05, 4.69) is 79.7 Å². The molecule has 0 bridgehead atoms.